The molecule has 0 saturated carbocycles. The maximum atomic E-state index is 6.93. The van der Waals surface area contributed by atoms with Crippen molar-refractivity contribution >= 4 is 32.9 Å². The molecule has 2 aromatic carbocycles. The average Bonchev–Trinajstić information content (AvgIpc) is 3.07. The molecule has 132 valence electrons. The molecule has 0 saturated heterocycles. The number of anilines is 1. The van der Waals surface area contributed by atoms with Gasteiger partial charge in [0, 0.05) is 13.0 Å². The fraction of sp³-hybridized carbons (Fsp3) is 0.286. The second kappa shape index (κ2) is 8.59. The molecule has 5 heteroatoms. The Morgan fingerprint density at radius 1 is 1.19 bits per heavy atom. The minimum Gasteiger partial charge on any atom is -0.317 e. The molecule has 0 unspecified atom stereocenters. The number of rotatable bonds is 7. The topological polar surface area (TPSA) is 32.9 Å². The number of hydrogen-bond acceptors (Lipinski definition) is 4. The molecule has 1 aromatic heterocycles. The van der Waals surface area contributed by atoms with Gasteiger partial charge < -0.3 is 4.85 Å². The van der Waals surface area contributed by atoms with Crippen molar-refractivity contribution in [1.82, 2.24) is 4.98 Å². The Bertz CT molecular complexity index is 919. The SMILES string of the molecule is [C-]#[N+]CCCCN(/N=C/c1cc(C)ccc1C)c1nc2ccccc2s1. The minimum atomic E-state index is 0.564. The molecular weight excluding hydrogens is 340 g/mol. The highest BCUT2D eigenvalue weighted by molar-refractivity contribution is 7.22. The summed E-state index contributed by atoms with van der Waals surface area (Å²) in [5.74, 6) is 0. The Hall–Kier alpha value is -2.71. The summed E-state index contributed by atoms with van der Waals surface area (Å²) in [5.41, 5.74) is 4.55. The van der Waals surface area contributed by atoms with Gasteiger partial charge in [0.05, 0.1) is 16.4 Å². The number of hydrogen-bond donors (Lipinski definition) is 0. The largest absolute Gasteiger partial charge is 0.317 e. The minimum absolute atomic E-state index is 0.564. The van der Waals surface area contributed by atoms with Gasteiger partial charge in [-0.05, 0) is 43.5 Å². The van der Waals surface area contributed by atoms with Gasteiger partial charge in [0.15, 0.2) is 0 Å². The van der Waals surface area contributed by atoms with Crippen molar-refractivity contribution in [3.63, 3.8) is 0 Å². The van der Waals surface area contributed by atoms with Gasteiger partial charge in [0.1, 0.15) is 0 Å². The number of thiazole rings is 1. The Kier molecular flexibility index (Phi) is 5.98. The molecular formula is C21H22N4S. The standard InChI is InChI=1S/C21H22N4S/c1-16-10-11-17(2)18(14-16)15-23-25(13-7-6-12-22-3)21-24-19-8-4-5-9-20(19)26-21/h4-5,8-11,14-15H,6-7,12-13H2,1-2H3/b23-15+. The number of aromatic nitrogens is 1. The predicted octanol–water partition coefficient (Wildman–Crippen LogP) is 5.45. The lowest BCUT2D eigenvalue weighted by atomic mass is 10.1. The molecule has 0 bridgehead atoms. The van der Waals surface area contributed by atoms with Crippen LogP contribution in [0.4, 0.5) is 5.13 Å². The summed E-state index contributed by atoms with van der Waals surface area (Å²) in [7, 11) is 0. The molecule has 0 aliphatic carbocycles. The summed E-state index contributed by atoms with van der Waals surface area (Å²) in [6.45, 7) is 12.4. The normalized spacial score (nSPS) is 11.1. The van der Waals surface area contributed by atoms with E-state index in [1.165, 1.54) is 11.1 Å². The molecule has 0 aliphatic heterocycles. The zero-order valence-corrected chi connectivity index (χ0v) is 16.0. The number of unbranched alkanes of at least 4 members (excludes halogenated alkanes) is 1. The van der Waals surface area contributed by atoms with Crippen molar-refractivity contribution in [3.05, 3.63) is 70.6 Å². The highest BCUT2D eigenvalue weighted by atomic mass is 32.1. The summed E-state index contributed by atoms with van der Waals surface area (Å²) in [6.07, 6.45) is 3.72. The Balaban J connectivity index is 1.86. The first-order chi connectivity index (χ1) is 12.7. The number of hydrazone groups is 1. The molecule has 3 rings (SSSR count). The summed E-state index contributed by atoms with van der Waals surface area (Å²) in [5, 5.41) is 7.61. The van der Waals surface area contributed by atoms with Gasteiger partial charge in [0.2, 0.25) is 11.7 Å². The van der Waals surface area contributed by atoms with Crippen molar-refractivity contribution in [1.29, 1.82) is 0 Å². The number of benzene rings is 2. The van der Waals surface area contributed by atoms with Gasteiger partial charge in [-0.3, -0.25) is 0 Å². The van der Waals surface area contributed by atoms with Gasteiger partial charge in [-0.2, -0.15) is 5.10 Å². The maximum Gasteiger partial charge on any atom is 0.214 e. The highest BCUT2D eigenvalue weighted by Crippen LogP contribution is 2.29. The van der Waals surface area contributed by atoms with Crippen LogP contribution in [0.2, 0.25) is 0 Å². The van der Waals surface area contributed by atoms with E-state index in [2.05, 4.69) is 43.0 Å². The summed E-state index contributed by atoms with van der Waals surface area (Å²) < 4.78 is 1.16. The van der Waals surface area contributed by atoms with E-state index in [1.807, 2.05) is 29.4 Å². The zero-order valence-electron chi connectivity index (χ0n) is 15.1. The molecule has 0 fully saturated rings. The number of nitrogens with zero attached hydrogens (tertiary/aromatic N) is 4. The number of aryl methyl sites for hydroxylation is 2. The molecule has 1 heterocycles. The lowest BCUT2D eigenvalue weighted by Crippen LogP contribution is -2.18. The first-order valence-corrected chi connectivity index (χ1v) is 9.56. The number of para-hydroxylation sites is 1. The van der Waals surface area contributed by atoms with Crippen LogP contribution in [0.5, 0.6) is 0 Å². The Morgan fingerprint density at radius 2 is 2.04 bits per heavy atom. The van der Waals surface area contributed by atoms with Crippen molar-refractivity contribution in [2.24, 2.45) is 5.10 Å². The van der Waals surface area contributed by atoms with Crippen molar-refractivity contribution in [3.8, 4) is 0 Å². The fourth-order valence-electron chi connectivity index (χ4n) is 2.66. The molecule has 0 spiro atoms. The van der Waals surface area contributed by atoms with Crippen molar-refractivity contribution in [2.75, 3.05) is 18.1 Å². The van der Waals surface area contributed by atoms with E-state index < -0.39 is 0 Å². The molecule has 0 radical (unpaired) electrons. The van der Waals surface area contributed by atoms with Gasteiger partial charge in [-0.25, -0.2) is 16.6 Å². The molecule has 3 aromatic rings. The molecule has 0 amide bonds. The van der Waals surface area contributed by atoms with E-state index in [1.54, 1.807) is 11.3 Å². The monoisotopic (exact) mass is 362 g/mol. The van der Waals surface area contributed by atoms with Crippen LogP contribution < -0.4 is 5.01 Å². The maximum absolute atomic E-state index is 6.93. The molecule has 0 N–H and O–H groups in total. The van der Waals surface area contributed by atoms with Crippen molar-refractivity contribution in [2.45, 2.75) is 26.7 Å². The molecule has 0 atom stereocenters. The van der Waals surface area contributed by atoms with Gasteiger partial charge in [0.25, 0.3) is 0 Å². The zero-order chi connectivity index (χ0) is 18.4. The third-order valence-corrected chi connectivity index (χ3v) is 5.21. The Labute approximate surface area is 158 Å². The van der Waals surface area contributed by atoms with E-state index in [9.17, 15) is 0 Å². The van der Waals surface area contributed by atoms with E-state index >= 15 is 0 Å². The third kappa shape index (κ3) is 4.47. The van der Waals surface area contributed by atoms with Gasteiger partial charge >= 0.3 is 0 Å². The van der Waals surface area contributed by atoms with Crippen LogP contribution in [0, 0.1) is 20.4 Å². The molecule has 0 aliphatic rings. The average molecular weight is 363 g/mol. The van der Waals surface area contributed by atoms with Crippen LogP contribution in [-0.2, 0) is 0 Å². The van der Waals surface area contributed by atoms with Gasteiger partial charge in [-0.15, -0.1) is 0 Å². The predicted molar refractivity (Wildman–Crippen MR) is 111 cm³/mol. The van der Waals surface area contributed by atoms with Crippen LogP contribution in [0.1, 0.15) is 29.5 Å². The lowest BCUT2D eigenvalue weighted by molar-refractivity contribution is 0.730. The van der Waals surface area contributed by atoms with E-state index in [0.29, 0.717) is 6.54 Å². The second-order valence-corrected chi connectivity index (χ2v) is 7.29. The summed E-state index contributed by atoms with van der Waals surface area (Å²) >= 11 is 1.65. The third-order valence-electron chi connectivity index (χ3n) is 4.16. The van der Waals surface area contributed by atoms with Crippen LogP contribution in [-0.4, -0.2) is 24.3 Å². The quantitative estimate of drug-likeness (QED) is 0.242. The lowest BCUT2D eigenvalue weighted by Gasteiger charge is -2.15. The number of fused-ring (bicyclic) bond motifs is 1. The highest BCUT2D eigenvalue weighted by Gasteiger charge is 2.11. The van der Waals surface area contributed by atoms with Gasteiger partial charge in [-0.1, -0.05) is 47.2 Å². The summed E-state index contributed by atoms with van der Waals surface area (Å²) in [6, 6.07) is 14.5. The molecule has 26 heavy (non-hydrogen) atoms. The van der Waals surface area contributed by atoms with E-state index in [4.69, 9.17) is 16.7 Å². The van der Waals surface area contributed by atoms with Crippen LogP contribution in [0.25, 0.3) is 15.1 Å². The van der Waals surface area contributed by atoms with Crippen molar-refractivity contribution < 1.29 is 0 Å². The second-order valence-electron chi connectivity index (χ2n) is 6.28. The first kappa shape index (κ1) is 18.1. The Morgan fingerprint density at radius 3 is 2.85 bits per heavy atom. The summed E-state index contributed by atoms with van der Waals surface area (Å²) in [4.78, 5) is 8.17. The van der Waals surface area contributed by atoms with Crippen LogP contribution in [0.3, 0.4) is 0 Å². The molecule has 4 nitrogen and oxygen atoms in total. The first-order valence-electron chi connectivity index (χ1n) is 8.75. The van der Waals surface area contributed by atoms with Crippen LogP contribution >= 0.6 is 11.3 Å². The fourth-order valence-corrected chi connectivity index (χ4v) is 3.61. The van der Waals surface area contributed by atoms with Crippen LogP contribution in [0.15, 0.2) is 47.6 Å². The smallest absolute Gasteiger partial charge is 0.214 e. The van der Waals surface area contributed by atoms with E-state index in [0.717, 1.165) is 40.3 Å². The van der Waals surface area contributed by atoms with E-state index in [-0.39, 0.29) is 0 Å².